The van der Waals surface area contributed by atoms with Crippen LogP contribution in [-0.4, -0.2) is 42.3 Å². The SMILES string of the molecule is COC(=O)c1ccc(OC(=O)CN2C(=O)[C@H]3CC=CC[C@H]3C2=O)cc1. The summed E-state index contributed by atoms with van der Waals surface area (Å²) in [6.07, 6.45) is 4.82. The van der Waals surface area contributed by atoms with Crippen molar-refractivity contribution in [2.45, 2.75) is 12.8 Å². The Hall–Kier alpha value is -2.96. The van der Waals surface area contributed by atoms with Crippen molar-refractivity contribution in [3.8, 4) is 5.75 Å². The van der Waals surface area contributed by atoms with Crippen molar-refractivity contribution in [1.82, 2.24) is 4.90 Å². The van der Waals surface area contributed by atoms with Gasteiger partial charge in [0, 0.05) is 0 Å². The highest BCUT2D eigenvalue weighted by Gasteiger charge is 2.47. The Kier molecular flexibility index (Phi) is 4.65. The van der Waals surface area contributed by atoms with Gasteiger partial charge in [-0.1, -0.05) is 12.2 Å². The molecule has 2 amide bonds. The molecule has 0 saturated carbocycles. The summed E-state index contributed by atoms with van der Waals surface area (Å²) in [6.45, 7) is -0.413. The molecule has 2 atom stereocenters. The Bertz CT molecular complexity index is 725. The molecule has 1 aliphatic carbocycles. The molecule has 0 unspecified atom stereocenters. The molecule has 1 fully saturated rings. The first-order valence-electron chi connectivity index (χ1n) is 7.90. The molecule has 0 aromatic heterocycles. The molecule has 7 nitrogen and oxygen atoms in total. The van der Waals surface area contributed by atoms with E-state index in [0.717, 1.165) is 4.90 Å². The molecule has 0 spiro atoms. The summed E-state index contributed by atoms with van der Waals surface area (Å²) in [5.41, 5.74) is 0.323. The predicted molar refractivity (Wildman–Crippen MR) is 85.5 cm³/mol. The normalized spacial score (nSPS) is 21.9. The number of benzene rings is 1. The number of ether oxygens (including phenoxy) is 2. The van der Waals surface area contributed by atoms with E-state index in [9.17, 15) is 19.2 Å². The third kappa shape index (κ3) is 3.31. The molecule has 1 aromatic carbocycles. The first-order valence-corrected chi connectivity index (χ1v) is 7.90. The minimum atomic E-state index is -0.709. The maximum absolute atomic E-state index is 12.3. The molecular formula is C18H17NO6. The highest BCUT2D eigenvalue weighted by atomic mass is 16.5. The lowest BCUT2D eigenvalue weighted by molar-refractivity contribution is -0.148. The van der Waals surface area contributed by atoms with E-state index in [1.54, 1.807) is 0 Å². The van der Waals surface area contributed by atoms with Crippen LogP contribution in [-0.2, 0) is 19.1 Å². The van der Waals surface area contributed by atoms with Crippen molar-refractivity contribution in [3.05, 3.63) is 42.0 Å². The third-order valence-electron chi connectivity index (χ3n) is 4.39. The number of hydrogen-bond acceptors (Lipinski definition) is 6. The van der Waals surface area contributed by atoms with Crippen LogP contribution < -0.4 is 4.74 Å². The van der Waals surface area contributed by atoms with Gasteiger partial charge in [0.15, 0.2) is 0 Å². The number of rotatable bonds is 4. The van der Waals surface area contributed by atoms with Gasteiger partial charge in [-0.05, 0) is 37.1 Å². The van der Waals surface area contributed by atoms with Gasteiger partial charge in [-0.25, -0.2) is 9.59 Å². The molecule has 0 radical (unpaired) electrons. The van der Waals surface area contributed by atoms with Gasteiger partial charge in [0.1, 0.15) is 12.3 Å². The molecule has 25 heavy (non-hydrogen) atoms. The summed E-state index contributed by atoms with van der Waals surface area (Å²) < 4.78 is 9.72. The molecule has 1 aliphatic heterocycles. The van der Waals surface area contributed by atoms with Crippen LogP contribution in [0.15, 0.2) is 36.4 Å². The second-order valence-corrected chi connectivity index (χ2v) is 5.91. The third-order valence-corrected chi connectivity index (χ3v) is 4.39. The van der Waals surface area contributed by atoms with Crippen LogP contribution in [0.4, 0.5) is 0 Å². The number of carbonyl (C=O) groups excluding carboxylic acids is 4. The Morgan fingerprint density at radius 1 is 1.04 bits per heavy atom. The van der Waals surface area contributed by atoms with E-state index in [1.165, 1.54) is 31.4 Å². The quantitative estimate of drug-likeness (QED) is 0.355. The summed E-state index contributed by atoms with van der Waals surface area (Å²) in [7, 11) is 1.27. The number of imide groups is 1. The largest absolute Gasteiger partial charge is 0.465 e. The van der Waals surface area contributed by atoms with Gasteiger partial charge in [-0.3, -0.25) is 14.5 Å². The number of carbonyl (C=O) groups is 4. The molecule has 0 N–H and O–H groups in total. The first-order chi connectivity index (χ1) is 12.0. The van der Waals surface area contributed by atoms with Crippen molar-refractivity contribution in [2.24, 2.45) is 11.8 Å². The number of fused-ring (bicyclic) bond motifs is 1. The molecule has 0 bridgehead atoms. The van der Waals surface area contributed by atoms with Gasteiger partial charge in [0.25, 0.3) is 0 Å². The number of esters is 2. The minimum absolute atomic E-state index is 0.218. The Balaban J connectivity index is 1.62. The highest BCUT2D eigenvalue weighted by Crippen LogP contribution is 2.34. The van der Waals surface area contributed by atoms with Crippen molar-refractivity contribution >= 4 is 23.8 Å². The van der Waals surface area contributed by atoms with E-state index >= 15 is 0 Å². The average molecular weight is 343 g/mol. The van der Waals surface area contributed by atoms with Gasteiger partial charge in [0.05, 0.1) is 24.5 Å². The summed E-state index contributed by atoms with van der Waals surface area (Å²) in [6, 6.07) is 5.81. The van der Waals surface area contributed by atoms with Crippen molar-refractivity contribution in [2.75, 3.05) is 13.7 Å². The molecular weight excluding hydrogens is 326 g/mol. The van der Waals surface area contributed by atoms with Crippen molar-refractivity contribution in [1.29, 1.82) is 0 Å². The van der Waals surface area contributed by atoms with E-state index in [2.05, 4.69) is 4.74 Å². The topological polar surface area (TPSA) is 90.0 Å². The Labute approximate surface area is 144 Å². The van der Waals surface area contributed by atoms with Gasteiger partial charge in [0.2, 0.25) is 11.8 Å². The number of likely N-dealkylation sites (tertiary alicyclic amines) is 1. The zero-order valence-corrected chi connectivity index (χ0v) is 13.6. The first kappa shape index (κ1) is 16.9. The summed E-state index contributed by atoms with van der Waals surface area (Å²) >= 11 is 0. The number of methoxy groups -OCH3 is 1. The summed E-state index contributed by atoms with van der Waals surface area (Å²) in [5, 5.41) is 0. The number of allylic oxidation sites excluding steroid dienone is 2. The molecule has 3 rings (SSSR count). The van der Waals surface area contributed by atoms with E-state index < -0.39 is 18.5 Å². The van der Waals surface area contributed by atoms with Crippen LogP contribution in [0.3, 0.4) is 0 Å². The minimum Gasteiger partial charge on any atom is -0.465 e. The number of hydrogen-bond donors (Lipinski definition) is 0. The fourth-order valence-electron chi connectivity index (χ4n) is 3.09. The molecule has 1 heterocycles. The monoisotopic (exact) mass is 343 g/mol. The molecule has 7 heteroatoms. The lowest BCUT2D eigenvalue weighted by Gasteiger charge is -2.14. The van der Waals surface area contributed by atoms with Crippen molar-refractivity contribution < 1.29 is 28.7 Å². The number of amides is 2. The van der Waals surface area contributed by atoms with Crippen LogP contribution in [0, 0.1) is 11.8 Å². The van der Waals surface area contributed by atoms with E-state index in [0.29, 0.717) is 18.4 Å². The standard InChI is InChI=1S/C18H17NO6/c1-24-18(23)11-6-8-12(9-7-11)25-15(20)10-19-16(21)13-4-2-3-5-14(13)17(19)22/h2-3,6-9,13-14H,4-5,10H2,1H3/t13-,14+. The average Bonchev–Trinajstić information content (AvgIpc) is 2.87. The second-order valence-electron chi connectivity index (χ2n) is 5.91. The van der Waals surface area contributed by atoms with Gasteiger partial charge >= 0.3 is 11.9 Å². The zero-order valence-electron chi connectivity index (χ0n) is 13.6. The fraction of sp³-hybridized carbons (Fsp3) is 0.333. The van der Waals surface area contributed by atoms with Crippen LogP contribution in [0.5, 0.6) is 5.75 Å². The maximum Gasteiger partial charge on any atom is 0.337 e. The smallest absolute Gasteiger partial charge is 0.337 e. The van der Waals surface area contributed by atoms with Gasteiger partial charge in [-0.15, -0.1) is 0 Å². The van der Waals surface area contributed by atoms with Crippen LogP contribution in [0.25, 0.3) is 0 Å². The highest BCUT2D eigenvalue weighted by molar-refractivity contribution is 6.07. The lowest BCUT2D eigenvalue weighted by Crippen LogP contribution is -2.37. The van der Waals surface area contributed by atoms with Crippen LogP contribution >= 0.6 is 0 Å². The molecule has 1 aromatic rings. The maximum atomic E-state index is 12.3. The zero-order chi connectivity index (χ0) is 18.0. The lowest BCUT2D eigenvalue weighted by atomic mass is 9.85. The van der Waals surface area contributed by atoms with Gasteiger partial charge < -0.3 is 9.47 Å². The fourth-order valence-corrected chi connectivity index (χ4v) is 3.09. The van der Waals surface area contributed by atoms with Crippen molar-refractivity contribution in [3.63, 3.8) is 0 Å². The predicted octanol–water partition coefficient (Wildman–Crippen LogP) is 1.33. The van der Waals surface area contributed by atoms with Crippen LogP contribution in [0.2, 0.25) is 0 Å². The van der Waals surface area contributed by atoms with Gasteiger partial charge in [-0.2, -0.15) is 0 Å². The number of nitrogens with zero attached hydrogens (tertiary/aromatic N) is 1. The van der Waals surface area contributed by atoms with E-state index in [4.69, 9.17) is 4.74 Å². The molecule has 130 valence electrons. The van der Waals surface area contributed by atoms with E-state index in [1.807, 2.05) is 12.2 Å². The Morgan fingerprint density at radius 3 is 2.12 bits per heavy atom. The second kappa shape index (κ2) is 6.88. The van der Waals surface area contributed by atoms with E-state index in [-0.39, 0.29) is 29.4 Å². The molecule has 2 aliphatic rings. The summed E-state index contributed by atoms with van der Waals surface area (Å²) in [4.78, 5) is 49.0. The Morgan fingerprint density at radius 2 is 1.60 bits per heavy atom. The molecule has 1 saturated heterocycles. The summed E-state index contributed by atoms with van der Waals surface area (Å²) in [5.74, 6) is -2.37. The van der Waals surface area contributed by atoms with Crippen LogP contribution in [0.1, 0.15) is 23.2 Å².